The highest BCUT2D eigenvalue weighted by Gasteiger charge is 2.51. The number of hydrogen-bond acceptors (Lipinski definition) is 13. The largest absolute Gasteiger partial charge is 0.394 e. The van der Waals surface area contributed by atoms with Gasteiger partial charge in [0.25, 0.3) is 0 Å². The van der Waals surface area contributed by atoms with Crippen LogP contribution in [0.15, 0.2) is 36.5 Å². The van der Waals surface area contributed by atoms with Crippen molar-refractivity contribution in [2.75, 3.05) is 19.8 Å². The first-order chi connectivity index (χ1) is 35.1. The molecule has 0 bridgehead atoms. The van der Waals surface area contributed by atoms with Crippen molar-refractivity contribution >= 4 is 5.91 Å². The van der Waals surface area contributed by atoms with Crippen LogP contribution in [0.25, 0.3) is 0 Å². The highest BCUT2D eigenvalue weighted by Crippen LogP contribution is 2.30. The molecule has 12 atom stereocenters. The van der Waals surface area contributed by atoms with Crippen molar-refractivity contribution in [1.29, 1.82) is 0 Å². The highest BCUT2D eigenvalue weighted by atomic mass is 16.7. The predicted octanol–water partition coefficient (Wildman–Crippen LogP) is 9.44. The third-order valence-corrected chi connectivity index (χ3v) is 14.3. The van der Waals surface area contributed by atoms with Crippen LogP contribution in [0.4, 0.5) is 0 Å². The molecule has 0 spiro atoms. The summed E-state index contributed by atoms with van der Waals surface area (Å²) in [5, 5.41) is 86.0. The lowest BCUT2D eigenvalue weighted by molar-refractivity contribution is -0.359. The maximum atomic E-state index is 13.0. The molecule has 0 aliphatic carbocycles. The minimum Gasteiger partial charge on any atom is -0.394 e. The van der Waals surface area contributed by atoms with E-state index in [2.05, 4.69) is 36.5 Å². The number of allylic oxidation sites excluding steroid dienone is 5. The number of unbranched alkanes of at least 4 members (excludes halogenated alkanes) is 29. The van der Waals surface area contributed by atoms with Crippen LogP contribution in [0, 0.1) is 0 Å². The lowest BCUT2D eigenvalue weighted by Crippen LogP contribution is -2.65. The number of carbonyl (C=O) groups is 1. The van der Waals surface area contributed by atoms with Gasteiger partial charge < -0.3 is 65.1 Å². The number of rotatable bonds is 46. The molecule has 2 aliphatic rings. The Balaban J connectivity index is 1.47. The second kappa shape index (κ2) is 44.3. The molecule has 0 saturated carbocycles. The van der Waals surface area contributed by atoms with Gasteiger partial charge in [0.1, 0.15) is 48.8 Å². The van der Waals surface area contributed by atoms with Gasteiger partial charge in [-0.3, -0.25) is 4.79 Å². The van der Waals surface area contributed by atoms with Crippen LogP contribution in [0.2, 0.25) is 0 Å². The number of aliphatic hydroxyl groups excluding tert-OH is 8. The Morgan fingerprint density at radius 3 is 1.42 bits per heavy atom. The summed E-state index contributed by atoms with van der Waals surface area (Å²) in [6.07, 6.45) is 37.8. The third kappa shape index (κ3) is 30.1. The smallest absolute Gasteiger partial charge is 0.220 e. The van der Waals surface area contributed by atoms with E-state index in [-0.39, 0.29) is 18.9 Å². The van der Waals surface area contributed by atoms with Crippen molar-refractivity contribution in [3.63, 3.8) is 0 Å². The Morgan fingerprint density at radius 2 is 0.944 bits per heavy atom. The van der Waals surface area contributed by atoms with Gasteiger partial charge in [-0.1, -0.05) is 217 Å². The van der Waals surface area contributed by atoms with E-state index in [0.717, 1.165) is 38.5 Å². The summed E-state index contributed by atoms with van der Waals surface area (Å²) < 4.78 is 22.5. The average molecular weight is 1030 g/mol. The van der Waals surface area contributed by atoms with Crippen LogP contribution in [0.3, 0.4) is 0 Å². The highest BCUT2D eigenvalue weighted by molar-refractivity contribution is 5.76. The van der Waals surface area contributed by atoms with Gasteiger partial charge in [0, 0.05) is 6.42 Å². The molecule has 2 saturated heterocycles. The van der Waals surface area contributed by atoms with E-state index in [1.54, 1.807) is 6.08 Å². The van der Waals surface area contributed by atoms with Crippen molar-refractivity contribution in [1.82, 2.24) is 5.32 Å². The standard InChI is InChI=1S/C58H107NO13/c1-3-5-7-8-9-10-11-12-13-14-15-16-17-18-19-20-21-22-23-24-25-26-27-28-29-30-31-32-33-34-35-36-37-38-40-42-50(63)59-46(47(62)41-39-6-4-2)45-69-57-55(68)53(66)56(49(44-61)71-57)72-58-54(67)52(65)51(64)48(43-60)70-58/h11-12,14-15,39,41,46-49,51-58,60-62,64-68H,3-10,13,16-38,40,42-45H2,1-2H3,(H,59,63)/b12-11-,15-14-,41-39+. The summed E-state index contributed by atoms with van der Waals surface area (Å²) in [6.45, 7) is 2.56. The molecule has 2 aliphatic heterocycles. The molecule has 1 amide bonds. The first-order valence-corrected chi connectivity index (χ1v) is 29.2. The van der Waals surface area contributed by atoms with E-state index in [4.69, 9.17) is 18.9 Å². The van der Waals surface area contributed by atoms with Gasteiger partial charge in [0.05, 0.1) is 32.0 Å². The van der Waals surface area contributed by atoms with Crippen molar-refractivity contribution in [3.8, 4) is 0 Å². The summed E-state index contributed by atoms with van der Waals surface area (Å²) in [7, 11) is 0. The number of ether oxygens (including phenoxy) is 4. The maximum absolute atomic E-state index is 13.0. The molecule has 9 N–H and O–H groups in total. The van der Waals surface area contributed by atoms with Crippen molar-refractivity contribution in [2.24, 2.45) is 0 Å². The van der Waals surface area contributed by atoms with Gasteiger partial charge in [-0.05, 0) is 44.9 Å². The Labute approximate surface area is 436 Å². The first kappa shape index (κ1) is 66.3. The monoisotopic (exact) mass is 1030 g/mol. The zero-order chi connectivity index (χ0) is 52.4. The molecule has 422 valence electrons. The molecule has 2 heterocycles. The number of amides is 1. The van der Waals surface area contributed by atoms with Crippen LogP contribution in [0.5, 0.6) is 0 Å². The average Bonchev–Trinajstić information content (AvgIpc) is 3.38. The van der Waals surface area contributed by atoms with E-state index < -0.39 is 86.8 Å². The predicted molar refractivity (Wildman–Crippen MR) is 286 cm³/mol. The van der Waals surface area contributed by atoms with E-state index in [0.29, 0.717) is 6.42 Å². The van der Waals surface area contributed by atoms with Crippen molar-refractivity contribution in [3.05, 3.63) is 36.5 Å². The van der Waals surface area contributed by atoms with Gasteiger partial charge >= 0.3 is 0 Å². The second-order valence-electron chi connectivity index (χ2n) is 20.8. The lowest BCUT2D eigenvalue weighted by atomic mass is 9.97. The SMILES string of the molecule is CCC/C=C/C(O)C(COC1OC(CO)C(OC2OC(CO)C(O)C(O)C2O)C(O)C1O)NC(=O)CCCCCCCCCCCCCCCCCCCCCCCCC/C=C\C/C=C\CCCCCCC. The molecular weight excluding hydrogens is 919 g/mol. The minimum atomic E-state index is -1.78. The molecule has 0 aromatic carbocycles. The Bertz CT molecular complexity index is 1350. The Kier molecular flexibility index (Phi) is 40.9. The third-order valence-electron chi connectivity index (χ3n) is 14.3. The molecule has 2 rings (SSSR count). The zero-order valence-electron chi connectivity index (χ0n) is 45.2. The van der Waals surface area contributed by atoms with Crippen LogP contribution in [-0.4, -0.2) is 140 Å². The van der Waals surface area contributed by atoms with Gasteiger partial charge in [0.15, 0.2) is 12.6 Å². The minimum absolute atomic E-state index is 0.249. The molecule has 14 heteroatoms. The molecule has 0 aromatic heterocycles. The fraction of sp³-hybridized carbons (Fsp3) is 0.879. The van der Waals surface area contributed by atoms with E-state index in [1.165, 1.54) is 167 Å². The fourth-order valence-corrected chi connectivity index (χ4v) is 9.57. The molecule has 12 unspecified atom stereocenters. The van der Waals surface area contributed by atoms with Crippen molar-refractivity contribution < 1.29 is 64.6 Å². The molecule has 0 aromatic rings. The molecule has 2 fully saturated rings. The van der Waals surface area contributed by atoms with Gasteiger partial charge in [-0.2, -0.15) is 0 Å². The van der Waals surface area contributed by atoms with Crippen molar-refractivity contribution in [2.45, 2.75) is 306 Å². The molecular formula is C58H107NO13. The zero-order valence-corrected chi connectivity index (χ0v) is 45.2. The number of nitrogens with one attached hydrogen (secondary N) is 1. The normalized spacial score (nSPS) is 25.8. The molecule has 0 radical (unpaired) electrons. The number of aliphatic hydroxyl groups is 8. The summed E-state index contributed by atoms with van der Waals surface area (Å²) >= 11 is 0. The molecule has 14 nitrogen and oxygen atoms in total. The summed E-state index contributed by atoms with van der Waals surface area (Å²) in [4.78, 5) is 13.0. The fourth-order valence-electron chi connectivity index (χ4n) is 9.57. The first-order valence-electron chi connectivity index (χ1n) is 29.2. The summed E-state index contributed by atoms with van der Waals surface area (Å²) in [5.41, 5.74) is 0. The Hall–Kier alpha value is -1.79. The van der Waals surface area contributed by atoms with Crippen LogP contribution >= 0.6 is 0 Å². The summed E-state index contributed by atoms with van der Waals surface area (Å²) in [5.74, 6) is -0.249. The maximum Gasteiger partial charge on any atom is 0.220 e. The summed E-state index contributed by atoms with van der Waals surface area (Å²) in [6, 6.07) is -0.907. The molecule has 72 heavy (non-hydrogen) atoms. The van der Waals surface area contributed by atoms with E-state index in [1.807, 2.05) is 13.0 Å². The van der Waals surface area contributed by atoms with Gasteiger partial charge in [-0.15, -0.1) is 0 Å². The van der Waals surface area contributed by atoms with Crippen LogP contribution in [-0.2, 0) is 23.7 Å². The lowest BCUT2D eigenvalue weighted by Gasteiger charge is -2.46. The van der Waals surface area contributed by atoms with E-state index >= 15 is 0 Å². The second-order valence-corrected chi connectivity index (χ2v) is 20.8. The topological polar surface area (TPSA) is 228 Å². The van der Waals surface area contributed by atoms with Gasteiger partial charge in [0.2, 0.25) is 5.91 Å². The van der Waals surface area contributed by atoms with Gasteiger partial charge in [-0.25, -0.2) is 0 Å². The number of carbonyl (C=O) groups excluding carboxylic acids is 1. The quantitative estimate of drug-likeness (QED) is 0.0205. The van der Waals surface area contributed by atoms with Crippen LogP contribution < -0.4 is 5.32 Å². The Morgan fingerprint density at radius 1 is 0.500 bits per heavy atom. The number of hydrogen-bond donors (Lipinski definition) is 9. The van der Waals surface area contributed by atoms with E-state index in [9.17, 15) is 45.6 Å². The van der Waals surface area contributed by atoms with Crippen LogP contribution in [0.1, 0.15) is 232 Å².